The third-order valence-corrected chi connectivity index (χ3v) is 5.77. The van der Waals surface area contributed by atoms with Crippen LogP contribution in [0.25, 0.3) is 0 Å². The van der Waals surface area contributed by atoms with Crippen LogP contribution in [0.4, 0.5) is 4.79 Å². The van der Waals surface area contributed by atoms with Crippen LogP contribution >= 0.6 is 11.6 Å². The van der Waals surface area contributed by atoms with Crippen LogP contribution in [0.1, 0.15) is 35.7 Å². The zero-order chi connectivity index (χ0) is 22.9. The van der Waals surface area contributed by atoms with Gasteiger partial charge in [-0.25, -0.2) is 4.79 Å². The first kappa shape index (κ1) is 23.6. The van der Waals surface area contributed by atoms with Gasteiger partial charge in [-0.15, -0.1) is 0 Å². The molecule has 1 N–H and O–H groups in total. The van der Waals surface area contributed by atoms with Crippen LogP contribution in [0.5, 0.6) is 5.75 Å². The van der Waals surface area contributed by atoms with Crippen molar-refractivity contribution in [1.82, 2.24) is 10.2 Å². The normalized spacial score (nSPS) is 14.0. The number of rotatable bonds is 7. The topological polar surface area (TPSA) is 84.9 Å². The quantitative estimate of drug-likeness (QED) is 0.499. The summed E-state index contributed by atoms with van der Waals surface area (Å²) in [5.41, 5.74) is 1.32. The molecule has 2 aromatic carbocycles. The van der Waals surface area contributed by atoms with Gasteiger partial charge in [0.2, 0.25) is 5.91 Å². The largest absolute Gasteiger partial charge is 0.513 e. The van der Waals surface area contributed by atoms with Gasteiger partial charge in [0, 0.05) is 30.2 Å². The highest BCUT2D eigenvalue weighted by Gasteiger charge is 2.23. The monoisotopic (exact) mass is 458 g/mol. The second-order valence-corrected chi connectivity index (χ2v) is 8.02. The van der Waals surface area contributed by atoms with Crippen molar-refractivity contribution in [2.24, 2.45) is 5.92 Å². The van der Waals surface area contributed by atoms with Crippen LogP contribution in [-0.2, 0) is 16.0 Å². The average molecular weight is 459 g/mol. The molecule has 0 spiro atoms. The van der Waals surface area contributed by atoms with Gasteiger partial charge in [0.15, 0.2) is 0 Å². The molecule has 8 heteroatoms. The molecule has 0 radical (unpaired) electrons. The molecule has 1 fully saturated rings. The van der Waals surface area contributed by atoms with E-state index in [1.165, 1.54) is 0 Å². The van der Waals surface area contributed by atoms with E-state index in [0.29, 0.717) is 48.3 Å². The van der Waals surface area contributed by atoms with Crippen LogP contribution in [0.3, 0.4) is 0 Å². The number of nitrogens with one attached hydrogen (secondary N) is 1. The second kappa shape index (κ2) is 11.5. The summed E-state index contributed by atoms with van der Waals surface area (Å²) in [6.07, 6.45) is 1.19. The van der Waals surface area contributed by atoms with Gasteiger partial charge in [0.25, 0.3) is 5.91 Å². The summed E-state index contributed by atoms with van der Waals surface area (Å²) >= 11 is 6.16. The van der Waals surface area contributed by atoms with E-state index in [0.717, 1.165) is 18.4 Å². The Labute approximate surface area is 192 Å². The van der Waals surface area contributed by atoms with Crippen LogP contribution in [0.15, 0.2) is 48.5 Å². The van der Waals surface area contributed by atoms with Crippen LogP contribution in [-0.4, -0.2) is 49.1 Å². The molecule has 0 unspecified atom stereocenters. The van der Waals surface area contributed by atoms with Gasteiger partial charge >= 0.3 is 6.16 Å². The van der Waals surface area contributed by atoms with Gasteiger partial charge < -0.3 is 19.7 Å². The molecule has 2 amide bonds. The van der Waals surface area contributed by atoms with E-state index in [-0.39, 0.29) is 18.4 Å². The standard InChI is InChI=1S/C24H27ClN2O5/c1-2-31-24(30)32-20-9-7-18(8-10-20)23(29)26-16-17-11-13-27(14-12-17)22(28)15-19-5-3-4-6-21(19)25/h3-10,17H,2,11-16H2,1H3,(H,26,29). The van der Waals surface area contributed by atoms with Crippen molar-refractivity contribution >= 4 is 29.6 Å². The minimum absolute atomic E-state index is 0.0747. The summed E-state index contributed by atoms with van der Waals surface area (Å²) in [5.74, 6) is 0.513. The molecule has 3 rings (SSSR count). The maximum atomic E-state index is 12.6. The number of nitrogens with zero attached hydrogens (tertiary/aromatic N) is 1. The van der Waals surface area contributed by atoms with E-state index in [1.54, 1.807) is 37.3 Å². The summed E-state index contributed by atoms with van der Waals surface area (Å²) in [4.78, 5) is 38.2. The third kappa shape index (κ3) is 6.72. The fourth-order valence-electron chi connectivity index (χ4n) is 3.56. The number of hydrogen-bond donors (Lipinski definition) is 1. The lowest BCUT2D eigenvalue weighted by Crippen LogP contribution is -2.42. The first-order valence-corrected chi connectivity index (χ1v) is 11.1. The van der Waals surface area contributed by atoms with E-state index in [1.807, 2.05) is 23.1 Å². The smallest absolute Gasteiger partial charge is 0.434 e. The van der Waals surface area contributed by atoms with E-state index in [9.17, 15) is 14.4 Å². The summed E-state index contributed by atoms with van der Waals surface area (Å²) in [7, 11) is 0. The first-order chi connectivity index (χ1) is 15.5. The van der Waals surface area contributed by atoms with Gasteiger partial charge in [-0.05, 0) is 61.6 Å². The number of piperidine rings is 1. The Bertz CT molecular complexity index is 940. The summed E-state index contributed by atoms with van der Waals surface area (Å²) < 4.78 is 9.70. The molecular weight excluding hydrogens is 432 g/mol. The second-order valence-electron chi connectivity index (χ2n) is 7.61. The molecule has 170 valence electrons. The zero-order valence-corrected chi connectivity index (χ0v) is 18.8. The molecule has 2 aromatic rings. The number of carbonyl (C=O) groups is 3. The average Bonchev–Trinajstić information content (AvgIpc) is 2.80. The maximum Gasteiger partial charge on any atom is 0.513 e. The number of amides is 2. The van der Waals surface area contributed by atoms with Crippen molar-refractivity contribution < 1.29 is 23.9 Å². The molecule has 0 aromatic heterocycles. The Hall–Kier alpha value is -3.06. The lowest BCUT2D eigenvalue weighted by molar-refractivity contribution is -0.131. The molecule has 7 nitrogen and oxygen atoms in total. The Morgan fingerprint density at radius 2 is 1.75 bits per heavy atom. The minimum atomic E-state index is -0.776. The molecule has 1 saturated heterocycles. The van der Waals surface area contributed by atoms with Gasteiger partial charge in [-0.3, -0.25) is 9.59 Å². The van der Waals surface area contributed by atoms with E-state index in [2.05, 4.69) is 5.32 Å². The van der Waals surface area contributed by atoms with Crippen molar-refractivity contribution in [1.29, 1.82) is 0 Å². The van der Waals surface area contributed by atoms with Crippen LogP contribution < -0.4 is 10.1 Å². The highest BCUT2D eigenvalue weighted by Crippen LogP contribution is 2.20. The molecule has 1 aliphatic heterocycles. The Balaban J connectivity index is 1.40. The number of benzene rings is 2. The molecule has 1 heterocycles. The van der Waals surface area contributed by atoms with Gasteiger partial charge in [0.05, 0.1) is 13.0 Å². The number of halogens is 1. The predicted molar refractivity (Wildman–Crippen MR) is 121 cm³/mol. The van der Waals surface area contributed by atoms with E-state index >= 15 is 0 Å². The van der Waals surface area contributed by atoms with Crippen LogP contribution in [0, 0.1) is 5.92 Å². The zero-order valence-electron chi connectivity index (χ0n) is 18.0. The Morgan fingerprint density at radius 3 is 2.41 bits per heavy atom. The Kier molecular flexibility index (Phi) is 8.50. The summed E-state index contributed by atoms with van der Waals surface area (Å²) in [6, 6.07) is 13.7. The third-order valence-electron chi connectivity index (χ3n) is 5.40. The Morgan fingerprint density at radius 1 is 1.06 bits per heavy atom. The fourth-order valence-corrected chi connectivity index (χ4v) is 3.76. The lowest BCUT2D eigenvalue weighted by Gasteiger charge is -2.32. The van der Waals surface area contributed by atoms with Crippen molar-refractivity contribution in [3.05, 3.63) is 64.7 Å². The van der Waals surface area contributed by atoms with Gasteiger partial charge in [-0.2, -0.15) is 0 Å². The van der Waals surface area contributed by atoms with Crippen molar-refractivity contribution in [2.45, 2.75) is 26.2 Å². The maximum absolute atomic E-state index is 12.6. The number of likely N-dealkylation sites (tertiary alicyclic amines) is 1. The van der Waals surface area contributed by atoms with Crippen LogP contribution in [0.2, 0.25) is 5.02 Å². The van der Waals surface area contributed by atoms with E-state index < -0.39 is 6.16 Å². The highest BCUT2D eigenvalue weighted by atomic mass is 35.5. The van der Waals surface area contributed by atoms with Gasteiger partial charge in [-0.1, -0.05) is 29.8 Å². The molecule has 1 aliphatic rings. The fraction of sp³-hybridized carbons (Fsp3) is 0.375. The molecule has 0 atom stereocenters. The summed E-state index contributed by atoms with van der Waals surface area (Å²) in [5, 5.41) is 3.56. The highest BCUT2D eigenvalue weighted by molar-refractivity contribution is 6.31. The van der Waals surface area contributed by atoms with Crippen molar-refractivity contribution in [3.63, 3.8) is 0 Å². The van der Waals surface area contributed by atoms with Crippen molar-refractivity contribution in [3.8, 4) is 5.75 Å². The minimum Gasteiger partial charge on any atom is -0.434 e. The van der Waals surface area contributed by atoms with Crippen molar-refractivity contribution in [2.75, 3.05) is 26.2 Å². The molecular formula is C24H27ClN2O5. The first-order valence-electron chi connectivity index (χ1n) is 10.7. The number of ether oxygens (including phenoxy) is 2. The number of hydrogen-bond acceptors (Lipinski definition) is 5. The van der Waals surface area contributed by atoms with Gasteiger partial charge in [0.1, 0.15) is 5.75 Å². The lowest BCUT2D eigenvalue weighted by atomic mass is 9.96. The number of carbonyl (C=O) groups excluding carboxylic acids is 3. The molecule has 32 heavy (non-hydrogen) atoms. The SMILES string of the molecule is CCOC(=O)Oc1ccc(C(=O)NCC2CCN(C(=O)Cc3ccccc3Cl)CC2)cc1. The van der Waals surface area contributed by atoms with E-state index in [4.69, 9.17) is 21.1 Å². The molecule has 0 bridgehead atoms. The predicted octanol–water partition coefficient (Wildman–Crippen LogP) is 4.09. The summed E-state index contributed by atoms with van der Waals surface area (Å²) in [6.45, 7) is 3.81. The molecule has 0 aliphatic carbocycles. The molecule has 0 saturated carbocycles.